The molecule has 138 valence electrons. The van der Waals surface area contributed by atoms with Crippen LogP contribution in [0.2, 0.25) is 0 Å². The molecule has 0 spiro atoms. The Morgan fingerprint density at radius 2 is 2.12 bits per heavy atom. The molecule has 0 N–H and O–H groups in total. The number of aryl methyl sites for hydroxylation is 1. The number of rotatable bonds is 6. The zero-order valence-electron chi connectivity index (χ0n) is 15.4. The molecule has 1 aliphatic heterocycles. The smallest absolute Gasteiger partial charge is 0.222 e. The summed E-state index contributed by atoms with van der Waals surface area (Å²) in [5.74, 6) is 2.64. The Hall–Kier alpha value is -2.17. The van der Waals surface area contributed by atoms with Gasteiger partial charge in [0.25, 0.3) is 0 Å². The number of carbonyl (C=O) groups is 1. The summed E-state index contributed by atoms with van der Waals surface area (Å²) in [5.41, 5.74) is 1.13. The molecular weight excluding hydrogens is 324 g/mol. The molecule has 1 saturated heterocycles. The Balaban J connectivity index is 1.35. The Bertz CT molecular complexity index is 723. The summed E-state index contributed by atoms with van der Waals surface area (Å²) in [6.45, 7) is 2.79. The SMILES string of the molecule is O=C(CCc1cccnc1)N1CCC[C@H](c2nccn2CC2CCC2)C1. The van der Waals surface area contributed by atoms with Crippen LogP contribution in [0.25, 0.3) is 0 Å². The van der Waals surface area contributed by atoms with Crippen molar-refractivity contribution < 1.29 is 4.79 Å². The summed E-state index contributed by atoms with van der Waals surface area (Å²) >= 11 is 0. The van der Waals surface area contributed by atoms with Gasteiger partial charge in [0.05, 0.1) is 0 Å². The molecule has 0 unspecified atom stereocenters. The second kappa shape index (κ2) is 8.02. The summed E-state index contributed by atoms with van der Waals surface area (Å²) in [7, 11) is 0. The molecule has 0 radical (unpaired) electrons. The molecule has 0 bridgehead atoms. The number of hydrogen-bond acceptors (Lipinski definition) is 3. The van der Waals surface area contributed by atoms with Crippen LogP contribution in [0.1, 0.15) is 55.8 Å². The van der Waals surface area contributed by atoms with Gasteiger partial charge in [-0.1, -0.05) is 12.5 Å². The predicted octanol–water partition coefficient (Wildman–Crippen LogP) is 3.42. The van der Waals surface area contributed by atoms with E-state index in [0.29, 0.717) is 12.3 Å². The molecular formula is C21H28N4O. The summed E-state index contributed by atoms with van der Waals surface area (Å²) < 4.78 is 2.35. The van der Waals surface area contributed by atoms with Crippen molar-refractivity contribution in [2.75, 3.05) is 13.1 Å². The van der Waals surface area contributed by atoms with E-state index < -0.39 is 0 Å². The van der Waals surface area contributed by atoms with Crippen molar-refractivity contribution >= 4 is 5.91 Å². The van der Waals surface area contributed by atoms with Crippen molar-refractivity contribution in [1.82, 2.24) is 19.4 Å². The van der Waals surface area contributed by atoms with E-state index in [0.717, 1.165) is 50.4 Å². The lowest BCUT2D eigenvalue weighted by Gasteiger charge is -2.34. The summed E-state index contributed by atoms with van der Waals surface area (Å²) in [5, 5.41) is 0. The Morgan fingerprint density at radius 3 is 2.88 bits per heavy atom. The highest BCUT2D eigenvalue weighted by Gasteiger charge is 2.28. The van der Waals surface area contributed by atoms with E-state index in [2.05, 4.69) is 20.7 Å². The molecule has 1 saturated carbocycles. The second-order valence-electron chi connectivity index (χ2n) is 7.77. The van der Waals surface area contributed by atoms with Crippen LogP contribution >= 0.6 is 0 Å². The van der Waals surface area contributed by atoms with Gasteiger partial charge in [-0.05, 0) is 49.7 Å². The third kappa shape index (κ3) is 3.97. The van der Waals surface area contributed by atoms with Crippen LogP contribution in [0.5, 0.6) is 0 Å². The molecule has 1 amide bonds. The highest BCUT2D eigenvalue weighted by molar-refractivity contribution is 5.76. The van der Waals surface area contributed by atoms with Crippen LogP contribution in [0, 0.1) is 5.92 Å². The van der Waals surface area contributed by atoms with Crippen molar-refractivity contribution in [2.24, 2.45) is 5.92 Å². The fraction of sp³-hybridized carbons (Fsp3) is 0.571. The van der Waals surface area contributed by atoms with Gasteiger partial charge in [-0.15, -0.1) is 0 Å². The molecule has 0 aromatic carbocycles. The first kappa shape index (κ1) is 17.3. The number of likely N-dealkylation sites (tertiary alicyclic amines) is 1. The number of pyridine rings is 1. The molecule has 5 heteroatoms. The van der Waals surface area contributed by atoms with E-state index in [1.54, 1.807) is 6.20 Å². The van der Waals surface area contributed by atoms with Gasteiger partial charge in [0.1, 0.15) is 5.82 Å². The Kier molecular flexibility index (Phi) is 5.32. The molecule has 2 fully saturated rings. The van der Waals surface area contributed by atoms with Crippen LogP contribution in [-0.2, 0) is 17.8 Å². The van der Waals surface area contributed by atoms with Crippen molar-refractivity contribution in [3.8, 4) is 0 Å². The average molecular weight is 352 g/mol. The number of imidazole rings is 1. The molecule has 1 aliphatic carbocycles. The fourth-order valence-electron chi connectivity index (χ4n) is 4.16. The number of hydrogen-bond donors (Lipinski definition) is 0. The average Bonchev–Trinajstić information content (AvgIpc) is 3.12. The zero-order chi connectivity index (χ0) is 17.8. The van der Waals surface area contributed by atoms with Gasteiger partial charge < -0.3 is 9.47 Å². The number of aromatic nitrogens is 3. The van der Waals surface area contributed by atoms with E-state index in [1.165, 1.54) is 25.1 Å². The molecule has 1 atom stereocenters. The molecule has 3 heterocycles. The van der Waals surface area contributed by atoms with E-state index in [1.807, 2.05) is 29.4 Å². The van der Waals surface area contributed by atoms with Gasteiger partial charge >= 0.3 is 0 Å². The standard InChI is InChI=1S/C21H28N4O/c26-20(9-8-17-6-2-10-22-14-17)24-12-3-7-19(16-24)21-23-11-13-25(21)15-18-4-1-5-18/h2,6,10-11,13-14,18-19H,1,3-5,7-9,12,15-16H2/t19-/m0/s1. The van der Waals surface area contributed by atoms with E-state index >= 15 is 0 Å². The molecule has 26 heavy (non-hydrogen) atoms. The number of nitrogens with zero attached hydrogens (tertiary/aromatic N) is 4. The minimum Gasteiger partial charge on any atom is -0.342 e. The minimum atomic E-state index is 0.260. The maximum atomic E-state index is 12.7. The first-order valence-corrected chi connectivity index (χ1v) is 9.97. The Morgan fingerprint density at radius 1 is 1.19 bits per heavy atom. The lowest BCUT2D eigenvalue weighted by Crippen LogP contribution is -2.40. The number of carbonyl (C=O) groups excluding carboxylic acids is 1. The first-order valence-electron chi connectivity index (χ1n) is 9.97. The zero-order valence-corrected chi connectivity index (χ0v) is 15.4. The van der Waals surface area contributed by atoms with Crippen LogP contribution in [-0.4, -0.2) is 38.4 Å². The van der Waals surface area contributed by atoms with Crippen molar-refractivity contribution in [1.29, 1.82) is 0 Å². The van der Waals surface area contributed by atoms with Gasteiger partial charge in [0.2, 0.25) is 5.91 Å². The van der Waals surface area contributed by atoms with E-state index in [4.69, 9.17) is 0 Å². The lowest BCUT2D eigenvalue weighted by atomic mass is 9.85. The van der Waals surface area contributed by atoms with Gasteiger partial charge in [0, 0.05) is 56.8 Å². The summed E-state index contributed by atoms with van der Waals surface area (Å²) in [6, 6.07) is 3.97. The third-order valence-corrected chi connectivity index (χ3v) is 5.92. The first-order chi connectivity index (χ1) is 12.8. The van der Waals surface area contributed by atoms with Gasteiger partial charge in [-0.3, -0.25) is 9.78 Å². The monoisotopic (exact) mass is 352 g/mol. The highest BCUT2D eigenvalue weighted by Crippen LogP contribution is 2.31. The Labute approximate surface area is 155 Å². The normalized spacial score (nSPS) is 20.8. The largest absolute Gasteiger partial charge is 0.342 e. The van der Waals surface area contributed by atoms with Crippen LogP contribution in [0.3, 0.4) is 0 Å². The minimum absolute atomic E-state index is 0.260. The molecule has 2 aliphatic rings. The predicted molar refractivity (Wildman–Crippen MR) is 101 cm³/mol. The van der Waals surface area contributed by atoms with Gasteiger partial charge in [-0.25, -0.2) is 4.98 Å². The maximum absolute atomic E-state index is 12.7. The third-order valence-electron chi connectivity index (χ3n) is 5.92. The highest BCUT2D eigenvalue weighted by atomic mass is 16.2. The van der Waals surface area contributed by atoms with E-state index in [9.17, 15) is 4.79 Å². The molecule has 2 aromatic heterocycles. The summed E-state index contributed by atoms with van der Waals surface area (Å²) in [4.78, 5) is 23.5. The second-order valence-corrected chi connectivity index (χ2v) is 7.77. The van der Waals surface area contributed by atoms with Crippen molar-refractivity contribution in [3.63, 3.8) is 0 Å². The maximum Gasteiger partial charge on any atom is 0.222 e. The van der Waals surface area contributed by atoms with Gasteiger partial charge in [-0.2, -0.15) is 0 Å². The van der Waals surface area contributed by atoms with Crippen LogP contribution in [0.15, 0.2) is 36.9 Å². The summed E-state index contributed by atoms with van der Waals surface area (Å²) in [6.07, 6.45) is 15.3. The lowest BCUT2D eigenvalue weighted by molar-refractivity contribution is -0.132. The molecule has 4 rings (SSSR count). The topological polar surface area (TPSA) is 51.0 Å². The molecule has 5 nitrogen and oxygen atoms in total. The number of amides is 1. The van der Waals surface area contributed by atoms with E-state index in [-0.39, 0.29) is 5.91 Å². The molecule has 2 aromatic rings. The number of piperidine rings is 1. The quantitative estimate of drug-likeness (QED) is 0.800. The van der Waals surface area contributed by atoms with Crippen molar-refractivity contribution in [2.45, 2.75) is 57.4 Å². The van der Waals surface area contributed by atoms with Gasteiger partial charge in [0.15, 0.2) is 0 Å². The van der Waals surface area contributed by atoms with Crippen LogP contribution in [0.4, 0.5) is 0 Å². The van der Waals surface area contributed by atoms with Crippen LogP contribution < -0.4 is 0 Å². The van der Waals surface area contributed by atoms with Crippen molar-refractivity contribution in [3.05, 3.63) is 48.3 Å². The fourth-order valence-corrected chi connectivity index (χ4v) is 4.16.